The van der Waals surface area contributed by atoms with Gasteiger partial charge in [0.25, 0.3) is 0 Å². The zero-order valence-electron chi connectivity index (χ0n) is 20.3. The quantitative estimate of drug-likeness (QED) is 0.457. The van der Waals surface area contributed by atoms with Crippen molar-refractivity contribution in [2.45, 2.75) is 44.8 Å². The van der Waals surface area contributed by atoms with E-state index in [4.69, 9.17) is 16.3 Å². The van der Waals surface area contributed by atoms with Crippen LogP contribution in [0, 0.1) is 17.2 Å². The summed E-state index contributed by atoms with van der Waals surface area (Å²) < 4.78 is 32.2. The maximum absolute atomic E-state index is 12.4. The molecular formula is C25H29ClN4O5S. The summed E-state index contributed by atoms with van der Waals surface area (Å²) in [7, 11) is -2.39. The van der Waals surface area contributed by atoms with Gasteiger partial charge < -0.3 is 9.64 Å². The first kappa shape index (κ1) is 27.4. The van der Waals surface area contributed by atoms with E-state index in [0.29, 0.717) is 66.3 Å². The van der Waals surface area contributed by atoms with Crippen molar-refractivity contribution in [1.82, 2.24) is 9.71 Å². The highest BCUT2D eigenvalue weighted by Crippen LogP contribution is 2.30. The van der Waals surface area contributed by atoms with Crippen LogP contribution in [0.4, 0.5) is 5.82 Å². The molecule has 0 spiro atoms. The number of carbonyl (C=O) groups excluding carboxylic acids is 2. The van der Waals surface area contributed by atoms with E-state index in [-0.39, 0.29) is 29.8 Å². The van der Waals surface area contributed by atoms with E-state index in [1.165, 1.54) is 13.2 Å². The van der Waals surface area contributed by atoms with Crippen molar-refractivity contribution in [2.24, 2.45) is 5.92 Å². The number of halogens is 1. The van der Waals surface area contributed by atoms with Crippen LogP contribution in [0.15, 0.2) is 30.3 Å². The molecule has 1 amide bonds. The number of Topliss-reactive ketones (excluding diaryl/α,β-unsaturated/α-hetero) is 1. The normalized spacial score (nSPS) is 14.2. The first-order chi connectivity index (χ1) is 17.2. The van der Waals surface area contributed by atoms with E-state index in [2.05, 4.69) is 15.8 Å². The number of ketones is 1. The van der Waals surface area contributed by atoms with Gasteiger partial charge in [-0.15, -0.1) is 0 Å². The fourth-order valence-corrected chi connectivity index (χ4v) is 5.45. The zero-order chi connectivity index (χ0) is 26.3. The molecule has 1 aliphatic rings. The van der Waals surface area contributed by atoms with Crippen LogP contribution in [0.5, 0.6) is 5.88 Å². The van der Waals surface area contributed by atoms with Crippen LogP contribution < -0.4 is 14.4 Å². The SMILES string of the molecule is CCCC(=O)c1cc(C#N)c(N2CCC(CC(=O)NS(=O)(=O)Cc3ccc(Cl)cc3)CC2)nc1OC. The summed E-state index contributed by atoms with van der Waals surface area (Å²) >= 11 is 5.83. The van der Waals surface area contributed by atoms with E-state index in [9.17, 15) is 23.3 Å². The number of hydrogen-bond acceptors (Lipinski definition) is 8. The maximum Gasteiger partial charge on any atom is 0.239 e. The number of aromatic nitrogens is 1. The fraction of sp³-hybridized carbons (Fsp3) is 0.440. The summed E-state index contributed by atoms with van der Waals surface area (Å²) in [5, 5.41) is 10.2. The van der Waals surface area contributed by atoms with Gasteiger partial charge in [0.2, 0.25) is 21.8 Å². The number of nitrogens with zero attached hydrogens (tertiary/aromatic N) is 3. The van der Waals surface area contributed by atoms with Gasteiger partial charge in [0, 0.05) is 31.0 Å². The van der Waals surface area contributed by atoms with Gasteiger partial charge in [-0.2, -0.15) is 10.2 Å². The van der Waals surface area contributed by atoms with Crippen LogP contribution in [0.1, 0.15) is 60.5 Å². The average Bonchev–Trinajstić information content (AvgIpc) is 2.84. The van der Waals surface area contributed by atoms with Crippen molar-refractivity contribution in [3.63, 3.8) is 0 Å². The summed E-state index contributed by atoms with van der Waals surface area (Å²) in [6, 6.07) is 10.1. The van der Waals surface area contributed by atoms with E-state index in [1.54, 1.807) is 24.3 Å². The number of ether oxygens (including phenoxy) is 1. The molecule has 1 aliphatic heterocycles. The highest BCUT2D eigenvalue weighted by Gasteiger charge is 2.27. The molecule has 1 N–H and O–H groups in total. The summed E-state index contributed by atoms with van der Waals surface area (Å²) in [5.41, 5.74) is 1.12. The highest BCUT2D eigenvalue weighted by atomic mass is 35.5. The molecule has 1 saturated heterocycles. The summed E-state index contributed by atoms with van der Waals surface area (Å²) in [6.07, 6.45) is 2.34. The van der Waals surface area contributed by atoms with Crippen molar-refractivity contribution in [3.05, 3.63) is 52.0 Å². The molecule has 0 aliphatic carbocycles. The molecule has 0 bridgehead atoms. The lowest BCUT2D eigenvalue weighted by Crippen LogP contribution is -2.38. The summed E-state index contributed by atoms with van der Waals surface area (Å²) in [5.74, 6) is -0.356. The second-order valence-corrected chi connectivity index (χ2v) is 10.9. The monoisotopic (exact) mass is 532 g/mol. The Morgan fingerprint density at radius 1 is 1.25 bits per heavy atom. The van der Waals surface area contributed by atoms with Crippen LogP contribution in [-0.2, 0) is 20.6 Å². The zero-order valence-corrected chi connectivity index (χ0v) is 21.9. The Hall–Kier alpha value is -3.16. The van der Waals surface area contributed by atoms with Crippen molar-refractivity contribution >= 4 is 39.1 Å². The maximum atomic E-state index is 12.4. The third kappa shape index (κ3) is 7.18. The Labute approximate surface area is 216 Å². The van der Waals surface area contributed by atoms with Crippen LogP contribution in [0.2, 0.25) is 5.02 Å². The molecule has 1 aromatic heterocycles. The van der Waals surface area contributed by atoms with Gasteiger partial charge in [0.05, 0.1) is 24.0 Å². The molecule has 9 nitrogen and oxygen atoms in total. The number of hydrogen-bond donors (Lipinski definition) is 1. The number of benzene rings is 1. The van der Waals surface area contributed by atoms with Gasteiger partial charge in [-0.1, -0.05) is 30.7 Å². The van der Waals surface area contributed by atoms with Crippen molar-refractivity contribution in [2.75, 3.05) is 25.1 Å². The third-order valence-corrected chi connectivity index (χ3v) is 7.49. The minimum atomic E-state index is -3.82. The number of amides is 1. The summed E-state index contributed by atoms with van der Waals surface area (Å²) in [6.45, 7) is 2.96. The Bertz CT molecular complexity index is 1250. The first-order valence-corrected chi connectivity index (χ1v) is 13.7. The number of nitriles is 1. The molecule has 1 aromatic carbocycles. The molecular weight excluding hydrogens is 504 g/mol. The number of rotatable bonds is 10. The molecule has 3 rings (SSSR count). The minimum absolute atomic E-state index is 0.00943. The van der Waals surface area contributed by atoms with Gasteiger partial charge in [0.15, 0.2) is 11.6 Å². The molecule has 0 saturated carbocycles. The Morgan fingerprint density at radius 2 is 1.92 bits per heavy atom. The number of carbonyl (C=O) groups is 2. The number of pyridine rings is 1. The first-order valence-electron chi connectivity index (χ1n) is 11.7. The van der Waals surface area contributed by atoms with Crippen LogP contribution in [-0.4, -0.2) is 45.3 Å². The molecule has 11 heteroatoms. The predicted molar refractivity (Wildman–Crippen MR) is 137 cm³/mol. The summed E-state index contributed by atoms with van der Waals surface area (Å²) in [4.78, 5) is 31.2. The number of nitrogens with one attached hydrogen (secondary N) is 1. The van der Waals surface area contributed by atoms with Gasteiger partial charge in [-0.25, -0.2) is 8.42 Å². The number of methoxy groups -OCH3 is 1. The number of piperidine rings is 1. The number of anilines is 1. The molecule has 0 radical (unpaired) electrons. The molecule has 0 unspecified atom stereocenters. The van der Waals surface area contributed by atoms with Gasteiger partial charge in [0.1, 0.15) is 6.07 Å². The lowest BCUT2D eigenvalue weighted by molar-refractivity contribution is -0.120. The Morgan fingerprint density at radius 3 is 2.50 bits per heavy atom. The van der Waals surface area contributed by atoms with Crippen molar-refractivity contribution in [1.29, 1.82) is 5.26 Å². The fourth-order valence-electron chi connectivity index (χ4n) is 4.19. The van der Waals surface area contributed by atoms with Gasteiger partial charge in [-0.3, -0.25) is 14.3 Å². The highest BCUT2D eigenvalue weighted by molar-refractivity contribution is 7.89. The smallest absolute Gasteiger partial charge is 0.239 e. The molecule has 2 heterocycles. The largest absolute Gasteiger partial charge is 0.480 e. The van der Waals surface area contributed by atoms with Crippen LogP contribution in [0.25, 0.3) is 0 Å². The lowest BCUT2D eigenvalue weighted by Gasteiger charge is -2.33. The number of sulfonamides is 1. The second-order valence-electron chi connectivity index (χ2n) is 8.75. The molecule has 1 fully saturated rings. The minimum Gasteiger partial charge on any atom is -0.480 e. The van der Waals surface area contributed by atoms with Crippen LogP contribution in [0.3, 0.4) is 0 Å². The average molecular weight is 533 g/mol. The van der Waals surface area contributed by atoms with E-state index in [1.807, 2.05) is 11.8 Å². The third-order valence-electron chi connectivity index (χ3n) is 5.99. The van der Waals surface area contributed by atoms with Crippen molar-refractivity contribution < 1.29 is 22.7 Å². The topological polar surface area (TPSA) is 129 Å². The van der Waals surface area contributed by atoms with E-state index in [0.717, 1.165) is 0 Å². The van der Waals surface area contributed by atoms with Crippen molar-refractivity contribution in [3.8, 4) is 11.9 Å². The molecule has 2 aromatic rings. The van der Waals surface area contributed by atoms with Gasteiger partial charge >= 0.3 is 0 Å². The molecule has 36 heavy (non-hydrogen) atoms. The Balaban J connectivity index is 1.60. The van der Waals surface area contributed by atoms with E-state index >= 15 is 0 Å². The predicted octanol–water partition coefficient (Wildman–Crippen LogP) is 3.85. The second kappa shape index (κ2) is 12.2. The van der Waals surface area contributed by atoms with Gasteiger partial charge in [-0.05, 0) is 48.9 Å². The standard InChI is InChI=1S/C25H29ClN4O5S/c1-3-4-22(31)21-14-19(15-27)24(28-25(21)35-2)30-11-9-17(10-12-30)13-23(32)29-36(33,34)16-18-5-7-20(26)8-6-18/h5-8,14,17H,3-4,9-13,16H2,1-2H3,(H,29,32). The Kier molecular flexibility index (Phi) is 9.29. The van der Waals surface area contributed by atoms with E-state index < -0.39 is 15.9 Å². The lowest BCUT2D eigenvalue weighted by atomic mass is 9.93. The molecule has 0 atom stereocenters. The molecule has 192 valence electrons. The van der Waals surface area contributed by atoms with Crippen LogP contribution >= 0.6 is 11.6 Å².